The van der Waals surface area contributed by atoms with Gasteiger partial charge in [-0.05, 0) is 74.2 Å². The van der Waals surface area contributed by atoms with Crippen molar-refractivity contribution in [1.82, 2.24) is 14.5 Å². The van der Waals surface area contributed by atoms with Crippen LogP contribution in [0.4, 0.5) is 0 Å². The number of hydrogen-bond acceptors (Lipinski definition) is 5. The highest BCUT2D eigenvalue weighted by molar-refractivity contribution is 7.89. The fourth-order valence-corrected chi connectivity index (χ4v) is 6.19. The number of benzene rings is 2. The number of rotatable bonds is 8. The zero-order valence-electron chi connectivity index (χ0n) is 19.2. The number of hydrogen-bond donors (Lipinski definition) is 1. The van der Waals surface area contributed by atoms with Crippen molar-refractivity contribution in [2.24, 2.45) is 5.92 Å². The lowest BCUT2D eigenvalue weighted by atomic mass is 9.98. The van der Waals surface area contributed by atoms with Gasteiger partial charge in [0, 0.05) is 26.2 Å². The van der Waals surface area contributed by atoms with Crippen LogP contribution in [0.2, 0.25) is 0 Å². The van der Waals surface area contributed by atoms with Crippen molar-refractivity contribution < 1.29 is 17.9 Å². The largest absolute Gasteiger partial charge is 0.497 e. The van der Waals surface area contributed by atoms with Crippen LogP contribution in [0.15, 0.2) is 53.4 Å². The second kappa shape index (κ2) is 10.7. The molecule has 0 radical (unpaired) electrons. The molecule has 1 amide bonds. The van der Waals surface area contributed by atoms with Crippen LogP contribution in [-0.2, 0) is 27.9 Å². The Hall–Kier alpha value is -2.42. The minimum atomic E-state index is -3.65. The van der Waals surface area contributed by atoms with Crippen LogP contribution >= 0.6 is 0 Å². The van der Waals surface area contributed by atoms with Gasteiger partial charge in [0.1, 0.15) is 5.75 Å². The first-order chi connectivity index (χ1) is 16.0. The normalized spacial score (nSPS) is 20.0. The summed E-state index contributed by atoms with van der Waals surface area (Å²) < 4.78 is 32.7. The highest BCUT2D eigenvalue weighted by atomic mass is 32.2. The lowest BCUT2D eigenvalue weighted by Crippen LogP contribution is -2.45. The summed E-state index contributed by atoms with van der Waals surface area (Å²) in [5.74, 6) is 0.174. The summed E-state index contributed by atoms with van der Waals surface area (Å²) >= 11 is 0. The van der Waals surface area contributed by atoms with E-state index < -0.39 is 10.0 Å². The van der Waals surface area contributed by atoms with Gasteiger partial charge < -0.3 is 10.1 Å². The van der Waals surface area contributed by atoms with E-state index in [4.69, 9.17) is 4.74 Å². The molecule has 0 aromatic heterocycles. The summed E-state index contributed by atoms with van der Waals surface area (Å²) in [7, 11) is -2.10. The van der Waals surface area contributed by atoms with Gasteiger partial charge in [0.05, 0.1) is 17.9 Å². The molecule has 178 valence electrons. The van der Waals surface area contributed by atoms with Crippen LogP contribution in [0, 0.1) is 5.92 Å². The second-order valence-corrected chi connectivity index (χ2v) is 10.8. The molecule has 0 saturated carbocycles. The van der Waals surface area contributed by atoms with Crippen molar-refractivity contribution in [3.05, 3.63) is 59.7 Å². The van der Waals surface area contributed by atoms with E-state index in [9.17, 15) is 13.2 Å². The molecule has 1 N–H and O–H groups in total. The van der Waals surface area contributed by atoms with Crippen molar-refractivity contribution in [2.45, 2.75) is 43.7 Å². The van der Waals surface area contributed by atoms with Gasteiger partial charge in [-0.3, -0.25) is 9.69 Å². The van der Waals surface area contributed by atoms with E-state index in [1.54, 1.807) is 31.4 Å². The van der Waals surface area contributed by atoms with Crippen LogP contribution in [0.1, 0.15) is 36.8 Å². The number of sulfonamides is 1. The molecule has 0 unspecified atom stereocenters. The molecule has 2 aliphatic rings. The van der Waals surface area contributed by atoms with Crippen molar-refractivity contribution >= 4 is 15.9 Å². The third-order valence-electron chi connectivity index (χ3n) is 6.62. The summed E-state index contributed by atoms with van der Waals surface area (Å²) in [6.07, 6.45) is 3.85. The van der Waals surface area contributed by atoms with E-state index in [0.717, 1.165) is 25.2 Å². The van der Waals surface area contributed by atoms with Gasteiger partial charge in [-0.2, -0.15) is 4.31 Å². The molecule has 2 aromatic carbocycles. The van der Waals surface area contributed by atoms with Gasteiger partial charge in [0.25, 0.3) is 0 Å². The first-order valence-corrected chi connectivity index (χ1v) is 13.1. The minimum absolute atomic E-state index is 0.0828. The van der Waals surface area contributed by atoms with E-state index in [-0.39, 0.29) is 23.3 Å². The molecular weight excluding hydrogens is 438 g/mol. The fourth-order valence-electron chi connectivity index (χ4n) is 4.66. The van der Waals surface area contributed by atoms with Crippen molar-refractivity contribution in [2.75, 3.05) is 33.3 Å². The van der Waals surface area contributed by atoms with Crippen molar-refractivity contribution in [3.63, 3.8) is 0 Å². The van der Waals surface area contributed by atoms with Crippen LogP contribution in [0.25, 0.3) is 0 Å². The Morgan fingerprint density at radius 3 is 2.39 bits per heavy atom. The third kappa shape index (κ3) is 5.75. The predicted molar refractivity (Wildman–Crippen MR) is 127 cm³/mol. The monoisotopic (exact) mass is 471 g/mol. The molecule has 2 saturated heterocycles. The SMILES string of the molecule is COc1ccc(S(=O)(=O)N2CCC[C@@H](C(=O)NCc3ccccc3CN3CCCC3)C2)cc1. The molecule has 2 heterocycles. The summed E-state index contributed by atoms with van der Waals surface area (Å²) in [5.41, 5.74) is 2.36. The van der Waals surface area contributed by atoms with E-state index in [2.05, 4.69) is 22.3 Å². The number of carbonyl (C=O) groups excluding carboxylic acids is 1. The van der Waals surface area contributed by atoms with E-state index in [0.29, 0.717) is 31.7 Å². The number of carbonyl (C=O) groups is 1. The number of ether oxygens (including phenoxy) is 1. The molecule has 1 atom stereocenters. The van der Waals surface area contributed by atoms with Crippen LogP contribution in [0.5, 0.6) is 5.75 Å². The first kappa shape index (κ1) is 23.7. The summed E-state index contributed by atoms with van der Waals surface area (Å²) in [6.45, 7) is 4.25. The Morgan fingerprint density at radius 2 is 1.70 bits per heavy atom. The topological polar surface area (TPSA) is 79.0 Å². The molecule has 8 heteroatoms. The number of nitrogens with zero attached hydrogens (tertiary/aromatic N) is 2. The lowest BCUT2D eigenvalue weighted by Gasteiger charge is -2.31. The quantitative estimate of drug-likeness (QED) is 0.640. The summed E-state index contributed by atoms with van der Waals surface area (Å²) in [4.78, 5) is 15.6. The van der Waals surface area contributed by atoms with Gasteiger partial charge in [0.15, 0.2) is 0 Å². The molecule has 0 bridgehead atoms. The number of piperidine rings is 1. The molecule has 2 fully saturated rings. The lowest BCUT2D eigenvalue weighted by molar-refractivity contribution is -0.126. The minimum Gasteiger partial charge on any atom is -0.497 e. The van der Waals surface area contributed by atoms with Crippen molar-refractivity contribution in [3.8, 4) is 5.75 Å². The van der Waals surface area contributed by atoms with Gasteiger partial charge >= 0.3 is 0 Å². The van der Waals surface area contributed by atoms with Crippen LogP contribution < -0.4 is 10.1 Å². The fraction of sp³-hybridized carbons (Fsp3) is 0.480. The maximum atomic E-state index is 13.1. The number of likely N-dealkylation sites (tertiary alicyclic amines) is 1. The number of methoxy groups -OCH3 is 1. The molecule has 4 rings (SSSR count). The van der Waals surface area contributed by atoms with Crippen molar-refractivity contribution in [1.29, 1.82) is 0 Å². The molecule has 33 heavy (non-hydrogen) atoms. The average molecular weight is 472 g/mol. The van der Waals surface area contributed by atoms with Gasteiger partial charge in [-0.1, -0.05) is 24.3 Å². The van der Waals surface area contributed by atoms with Crippen LogP contribution in [0.3, 0.4) is 0 Å². The Labute approximate surface area is 196 Å². The molecule has 0 spiro atoms. The smallest absolute Gasteiger partial charge is 0.243 e. The molecule has 2 aromatic rings. The Kier molecular flexibility index (Phi) is 7.67. The predicted octanol–water partition coefficient (Wildman–Crippen LogP) is 3.01. The second-order valence-electron chi connectivity index (χ2n) is 8.85. The van der Waals surface area contributed by atoms with Gasteiger partial charge in [-0.15, -0.1) is 0 Å². The Morgan fingerprint density at radius 1 is 1.00 bits per heavy atom. The van der Waals surface area contributed by atoms with E-state index >= 15 is 0 Å². The molecule has 7 nitrogen and oxygen atoms in total. The zero-order chi connectivity index (χ0) is 23.3. The van der Waals surface area contributed by atoms with Gasteiger partial charge in [-0.25, -0.2) is 8.42 Å². The standard InChI is InChI=1S/C25H33N3O4S/c1-32-23-10-12-24(13-11-23)33(30,31)28-16-6-9-22(19-28)25(29)26-17-20-7-2-3-8-21(20)18-27-14-4-5-15-27/h2-3,7-8,10-13,22H,4-6,9,14-19H2,1H3,(H,26,29)/t22-/m1/s1. The molecule has 0 aliphatic carbocycles. The molecule has 2 aliphatic heterocycles. The van der Waals surface area contributed by atoms with E-state index in [1.807, 2.05) is 12.1 Å². The highest BCUT2D eigenvalue weighted by Gasteiger charge is 2.33. The van der Waals surface area contributed by atoms with E-state index in [1.165, 1.54) is 22.7 Å². The number of nitrogens with one attached hydrogen (secondary N) is 1. The maximum absolute atomic E-state index is 13.1. The summed E-state index contributed by atoms with van der Waals surface area (Å²) in [5, 5.41) is 3.07. The maximum Gasteiger partial charge on any atom is 0.243 e. The summed E-state index contributed by atoms with van der Waals surface area (Å²) in [6, 6.07) is 14.6. The van der Waals surface area contributed by atoms with Crippen LogP contribution in [-0.4, -0.2) is 56.8 Å². The highest BCUT2D eigenvalue weighted by Crippen LogP contribution is 2.25. The first-order valence-electron chi connectivity index (χ1n) is 11.7. The molecular formula is C25H33N3O4S. The Balaban J connectivity index is 1.37. The Bertz CT molecular complexity index is 1050. The number of amides is 1. The average Bonchev–Trinajstić information content (AvgIpc) is 3.36. The van der Waals surface area contributed by atoms with Gasteiger partial charge in [0.2, 0.25) is 15.9 Å². The third-order valence-corrected chi connectivity index (χ3v) is 8.50. The zero-order valence-corrected chi connectivity index (χ0v) is 20.0.